The van der Waals surface area contributed by atoms with Crippen LogP contribution in [-0.2, 0) is 9.59 Å². The highest BCUT2D eigenvalue weighted by atomic mass is 35.5. The van der Waals surface area contributed by atoms with Crippen LogP contribution in [0.1, 0.15) is 10.4 Å². The Morgan fingerprint density at radius 2 is 1.40 bits per heavy atom. The van der Waals surface area contributed by atoms with E-state index in [2.05, 4.69) is 16.0 Å². The molecule has 10 heteroatoms. The van der Waals surface area contributed by atoms with Crippen molar-refractivity contribution in [2.75, 3.05) is 28.0 Å². The number of rotatable bonds is 8. The number of anilines is 5. The second-order valence-electron chi connectivity index (χ2n) is 8.68. The first-order valence-corrected chi connectivity index (χ1v) is 12.8. The van der Waals surface area contributed by atoms with Gasteiger partial charge in [0, 0.05) is 33.3 Å². The standard InChI is InChI=1S/C30H22Cl2N4O4/c1-40-25-15-10-19(31)17-24(25)36-29(38)26(32)27(30(36)39)34-23-9-5-6-18(16-23)28(37)35-22-13-11-21(12-14-22)33-20-7-3-2-4-8-20/h2-17,33-34H,1H3,(H,35,37). The number of nitrogens with zero attached hydrogens (tertiary/aromatic N) is 1. The summed E-state index contributed by atoms with van der Waals surface area (Å²) >= 11 is 12.4. The van der Waals surface area contributed by atoms with E-state index in [0.29, 0.717) is 22.0 Å². The maximum Gasteiger partial charge on any atom is 0.283 e. The number of halogens is 2. The molecule has 1 aliphatic rings. The minimum atomic E-state index is -0.728. The highest BCUT2D eigenvalue weighted by Gasteiger charge is 2.40. The zero-order chi connectivity index (χ0) is 28.2. The zero-order valence-electron chi connectivity index (χ0n) is 21.1. The summed E-state index contributed by atoms with van der Waals surface area (Å²) in [4.78, 5) is 40.0. The lowest BCUT2D eigenvalue weighted by Gasteiger charge is -2.18. The number of hydrogen-bond acceptors (Lipinski definition) is 6. The lowest BCUT2D eigenvalue weighted by atomic mass is 10.1. The van der Waals surface area contributed by atoms with E-state index < -0.39 is 11.8 Å². The Labute approximate surface area is 240 Å². The Kier molecular flexibility index (Phi) is 7.72. The summed E-state index contributed by atoms with van der Waals surface area (Å²) in [6, 6.07) is 28.1. The quantitative estimate of drug-likeness (QED) is 0.201. The molecule has 0 radical (unpaired) electrons. The van der Waals surface area contributed by atoms with E-state index in [1.807, 2.05) is 42.5 Å². The summed E-state index contributed by atoms with van der Waals surface area (Å²) < 4.78 is 5.29. The third kappa shape index (κ3) is 5.63. The van der Waals surface area contributed by atoms with Crippen LogP contribution in [0.25, 0.3) is 0 Å². The molecular formula is C30H22Cl2N4O4. The topological polar surface area (TPSA) is 99.8 Å². The summed E-state index contributed by atoms with van der Waals surface area (Å²) in [5.74, 6) is -1.49. The van der Waals surface area contributed by atoms with Crippen LogP contribution in [0, 0.1) is 0 Å². The van der Waals surface area contributed by atoms with Gasteiger partial charge in [-0.05, 0) is 72.8 Å². The van der Waals surface area contributed by atoms with Gasteiger partial charge in [0.05, 0.1) is 12.8 Å². The van der Waals surface area contributed by atoms with Crippen molar-refractivity contribution in [3.05, 3.63) is 118 Å². The lowest BCUT2D eigenvalue weighted by molar-refractivity contribution is -0.120. The third-order valence-corrected chi connectivity index (χ3v) is 6.59. The van der Waals surface area contributed by atoms with E-state index in [9.17, 15) is 14.4 Å². The lowest BCUT2D eigenvalue weighted by Crippen LogP contribution is -2.32. The van der Waals surface area contributed by atoms with Crippen LogP contribution in [0.5, 0.6) is 5.75 Å². The van der Waals surface area contributed by atoms with E-state index >= 15 is 0 Å². The number of para-hydroxylation sites is 1. The maximum atomic E-state index is 13.2. The van der Waals surface area contributed by atoms with Crippen LogP contribution in [0.15, 0.2) is 108 Å². The summed E-state index contributed by atoms with van der Waals surface area (Å²) in [6.45, 7) is 0. The average Bonchev–Trinajstić information content (AvgIpc) is 3.17. The molecule has 4 aromatic rings. The molecule has 3 amide bonds. The third-order valence-electron chi connectivity index (χ3n) is 6.01. The Hall–Kier alpha value is -4.79. The van der Waals surface area contributed by atoms with Crippen LogP contribution in [0.2, 0.25) is 5.02 Å². The van der Waals surface area contributed by atoms with Gasteiger partial charge in [0.2, 0.25) is 0 Å². The molecule has 1 heterocycles. The average molecular weight is 573 g/mol. The minimum absolute atomic E-state index is 0.132. The van der Waals surface area contributed by atoms with E-state index in [0.717, 1.165) is 16.3 Å². The van der Waals surface area contributed by atoms with Gasteiger partial charge >= 0.3 is 0 Å². The molecule has 0 fully saturated rings. The Morgan fingerprint density at radius 1 is 0.725 bits per heavy atom. The molecule has 1 aliphatic heterocycles. The maximum absolute atomic E-state index is 13.2. The molecule has 0 aromatic heterocycles. The minimum Gasteiger partial charge on any atom is -0.495 e. The Morgan fingerprint density at radius 3 is 2.12 bits per heavy atom. The first kappa shape index (κ1) is 26.8. The van der Waals surface area contributed by atoms with Crippen molar-refractivity contribution in [3.8, 4) is 5.75 Å². The highest BCUT2D eigenvalue weighted by molar-refractivity contribution is 6.53. The first-order chi connectivity index (χ1) is 19.3. The summed E-state index contributed by atoms with van der Waals surface area (Å²) in [7, 11) is 1.42. The SMILES string of the molecule is COc1ccc(Cl)cc1N1C(=O)C(Cl)=C(Nc2cccc(C(=O)Nc3ccc(Nc4ccccc4)cc3)c2)C1=O. The molecule has 0 aliphatic carbocycles. The molecule has 0 saturated heterocycles. The number of benzene rings is 4. The predicted octanol–water partition coefficient (Wildman–Crippen LogP) is 6.78. The predicted molar refractivity (Wildman–Crippen MR) is 158 cm³/mol. The van der Waals surface area contributed by atoms with Gasteiger partial charge in [-0.25, -0.2) is 4.90 Å². The fourth-order valence-corrected chi connectivity index (χ4v) is 4.46. The number of ether oxygens (including phenoxy) is 1. The number of imide groups is 1. The highest BCUT2D eigenvalue weighted by Crippen LogP contribution is 2.37. The first-order valence-electron chi connectivity index (χ1n) is 12.1. The molecule has 4 aromatic carbocycles. The van der Waals surface area contributed by atoms with Crippen LogP contribution in [0.3, 0.4) is 0 Å². The molecule has 200 valence electrons. The van der Waals surface area contributed by atoms with Gasteiger partial charge in [0.15, 0.2) is 0 Å². The number of amides is 3. The molecule has 0 bridgehead atoms. The monoisotopic (exact) mass is 572 g/mol. The van der Waals surface area contributed by atoms with Crippen molar-refractivity contribution in [3.63, 3.8) is 0 Å². The second kappa shape index (κ2) is 11.5. The molecular weight excluding hydrogens is 551 g/mol. The molecule has 0 spiro atoms. The van der Waals surface area contributed by atoms with E-state index in [-0.39, 0.29) is 28.1 Å². The van der Waals surface area contributed by atoms with Crippen molar-refractivity contribution in [1.29, 1.82) is 0 Å². The Bertz CT molecular complexity index is 1640. The molecule has 0 saturated carbocycles. The number of methoxy groups -OCH3 is 1. The van der Waals surface area contributed by atoms with Gasteiger partial charge in [-0.3, -0.25) is 14.4 Å². The van der Waals surface area contributed by atoms with Gasteiger partial charge in [-0.2, -0.15) is 0 Å². The summed E-state index contributed by atoms with van der Waals surface area (Å²) in [5.41, 5.74) is 3.20. The van der Waals surface area contributed by atoms with E-state index in [1.165, 1.54) is 13.2 Å². The molecule has 5 rings (SSSR count). The van der Waals surface area contributed by atoms with Gasteiger partial charge in [0.1, 0.15) is 16.5 Å². The molecule has 0 unspecified atom stereocenters. The Balaban J connectivity index is 1.29. The number of nitrogens with one attached hydrogen (secondary N) is 3. The summed E-state index contributed by atoms with van der Waals surface area (Å²) in [6.07, 6.45) is 0. The number of hydrogen-bond donors (Lipinski definition) is 3. The van der Waals surface area contributed by atoms with Gasteiger partial charge in [-0.1, -0.05) is 47.5 Å². The van der Waals surface area contributed by atoms with Crippen molar-refractivity contribution in [2.24, 2.45) is 0 Å². The smallest absolute Gasteiger partial charge is 0.283 e. The fourth-order valence-electron chi connectivity index (χ4n) is 4.08. The van der Waals surface area contributed by atoms with Crippen LogP contribution >= 0.6 is 23.2 Å². The molecule has 40 heavy (non-hydrogen) atoms. The van der Waals surface area contributed by atoms with Crippen LogP contribution < -0.4 is 25.6 Å². The largest absolute Gasteiger partial charge is 0.495 e. The summed E-state index contributed by atoms with van der Waals surface area (Å²) in [5, 5.41) is 9.04. The van der Waals surface area contributed by atoms with Crippen molar-refractivity contribution < 1.29 is 19.1 Å². The molecule has 3 N–H and O–H groups in total. The van der Waals surface area contributed by atoms with Crippen molar-refractivity contribution in [1.82, 2.24) is 0 Å². The zero-order valence-corrected chi connectivity index (χ0v) is 22.6. The van der Waals surface area contributed by atoms with Crippen molar-refractivity contribution >= 4 is 69.4 Å². The normalized spacial score (nSPS) is 12.9. The van der Waals surface area contributed by atoms with Gasteiger partial charge < -0.3 is 20.7 Å². The fraction of sp³-hybridized carbons (Fsp3) is 0.0333. The number of carbonyl (C=O) groups excluding carboxylic acids is 3. The van der Waals surface area contributed by atoms with Gasteiger partial charge in [0.25, 0.3) is 17.7 Å². The van der Waals surface area contributed by atoms with Crippen LogP contribution in [-0.4, -0.2) is 24.8 Å². The molecule has 8 nitrogen and oxygen atoms in total. The second-order valence-corrected chi connectivity index (χ2v) is 9.49. The molecule has 0 atom stereocenters. The van der Waals surface area contributed by atoms with Crippen molar-refractivity contribution in [2.45, 2.75) is 0 Å². The van der Waals surface area contributed by atoms with E-state index in [4.69, 9.17) is 27.9 Å². The number of carbonyl (C=O) groups is 3. The van der Waals surface area contributed by atoms with Crippen LogP contribution in [0.4, 0.5) is 28.4 Å². The van der Waals surface area contributed by atoms with Gasteiger partial charge in [-0.15, -0.1) is 0 Å². The van der Waals surface area contributed by atoms with E-state index in [1.54, 1.807) is 48.5 Å².